The summed E-state index contributed by atoms with van der Waals surface area (Å²) in [6.07, 6.45) is 6.04. The molecule has 2 saturated heterocycles. The van der Waals surface area contributed by atoms with Gasteiger partial charge < -0.3 is 23.8 Å². The number of likely N-dealkylation sites (tertiary alicyclic amines) is 2. The van der Waals surface area contributed by atoms with Crippen molar-refractivity contribution in [2.45, 2.75) is 76.5 Å². The van der Waals surface area contributed by atoms with Crippen LogP contribution in [0.15, 0.2) is 22.8 Å². The maximum atomic E-state index is 12.1. The fourth-order valence-electron chi connectivity index (χ4n) is 4.27. The van der Waals surface area contributed by atoms with Gasteiger partial charge in [-0.3, -0.25) is 4.90 Å². The summed E-state index contributed by atoms with van der Waals surface area (Å²) in [5, 5.41) is 0. The van der Waals surface area contributed by atoms with E-state index in [1.807, 2.05) is 32.9 Å². The maximum Gasteiger partial charge on any atom is 0.410 e. The fraction of sp³-hybridized carbons (Fsp3) is 0.692. The number of piperidine rings is 1. The molecule has 0 spiro atoms. The quantitative estimate of drug-likeness (QED) is 0.478. The first kappa shape index (κ1) is 26.2. The fourth-order valence-corrected chi connectivity index (χ4v) is 4.50. The number of carbonyl (C=O) groups excluding carboxylic acids is 1. The monoisotopic (exact) mass is 549 g/mol. The minimum atomic E-state index is -0.466. The van der Waals surface area contributed by atoms with E-state index in [0.29, 0.717) is 25.6 Å². The van der Waals surface area contributed by atoms with Gasteiger partial charge >= 0.3 is 6.09 Å². The standard InChI is InChI=1S/C26H36BrN3O5/c1-26(2,3)35-25(31)30-17-23(18-30)33-20-7-6-11-29(16-20)10-4-5-12-32-21-13-22(14-21)34-24-9-8-19(27)15-28-24/h8-9,15,20-23H,6-7,10-14,16-18H2,1-3H3. The number of hydrogen-bond donors (Lipinski definition) is 0. The van der Waals surface area contributed by atoms with Crippen LogP contribution in [0.5, 0.6) is 5.88 Å². The lowest BCUT2D eigenvalue weighted by atomic mass is 9.92. The molecule has 35 heavy (non-hydrogen) atoms. The SMILES string of the molecule is CC(C)(C)OC(=O)N1CC(OC2CCCN(CC#CCOC3CC(Oc4ccc(Br)cn4)C3)C2)C1. The Bertz CT molecular complexity index is 898. The molecule has 1 atom stereocenters. The van der Waals surface area contributed by atoms with E-state index >= 15 is 0 Å². The molecule has 2 aliphatic heterocycles. The van der Waals surface area contributed by atoms with Crippen molar-refractivity contribution >= 4 is 22.0 Å². The molecule has 1 saturated carbocycles. The largest absolute Gasteiger partial charge is 0.474 e. The lowest BCUT2D eigenvalue weighted by molar-refractivity contribution is -0.108. The molecule has 192 valence electrons. The highest BCUT2D eigenvalue weighted by molar-refractivity contribution is 9.10. The van der Waals surface area contributed by atoms with Gasteiger partial charge in [0.25, 0.3) is 0 Å². The molecule has 1 aromatic rings. The number of rotatable bonds is 7. The van der Waals surface area contributed by atoms with Crippen molar-refractivity contribution in [2.24, 2.45) is 0 Å². The Labute approximate surface area is 216 Å². The van der Waals surface area contributed by atoms with Crippen LogP contribution in [0.2, 0.25) is 0 Å². The van der Waals surface area contributed by atoms with E-state index in [2.05, 4.69) is 37.7 Å². The topological polar surface area (TPSA) is 73.4 Å². The molecule has 8 nitrogen and oxygen atoms in total. The molecule has 0 bridgehead atoms. The zero-order valence-corrected chi connectivity index (χ0v) is 22.5. The Kier molecular flexibility index (Phi) is 8.92. The molecule has 1 unspecified atom stereocenters. The number of ether oxygens (including phenoxy) is 4. The molecule has 9 heteroatoms. The Balaban J connectivity index is 1.06. The third-order valence-electron chi connectivity index (χ3n) is 6.21. The summed E-state index contributed by atoms with van der Waals surface area (Å²) in [5.74, 6) is 7.04. The number of amides is 1. The van der Waals surface area contributed by atoms with E-state index in [-0.39, 0.29) is 30.5 Å². The number of carbonyl (C=O) groups is 1. The van der Waals surface area contributed by atoms with Gasteiger partial charge in [-0.25, -0.2) is 9.78 Å². The van der Waals surface area contributed by atoms with Crippen LogP contribution in [0.1, 0.15) is 46.5 Å². The van der Waals surface area contributed by atoms with Gasteiger partial charge in [-0.1, -0.05) is 11.8 Å². The van der Waals surface area contributed by atoms with Crippen molar-refractivity contribution in [2.75, 3.05) is 39.3 Å². The summed E-state index contributed by atoms with van der Waals surface area (Å²) in [4.78, 5) is 20.4. The second-order valence-electron chi connectivity index (χ2n) is 10.5. The highest BCUT2D eigenvalue weighted by atomic mass is 79.9. The molecule has 0 aromatic carbocycles. The van der Waals surface area contributed by atoms with E-state index in [1.54, 1.807) is 11.1 Å². The van der Waals surface area contributed by atoms with Crippen LogP contribution in [-0.4, -0.2) is 90.2 Å². The average Bonchev–Trinajstić information content (AvgIpc) is 2.74. The van der Waals surface area contributed by atoms with Gasteiger partial charge in [0.1, 0.15) is 18.3 Å². The molecule has 4 rings (SSSR count). The third-order valence-corrected chi connectivity index (χ3v) is 6.67. The Hall–Kier alpha value is -1.86. The second kappa shape index (κ2) is 11.9. The number of aromatic nitrogens is 1. The van der Waals surface area contributed by atoms with Gasteiger partial charge in [0.15, 0.2) is 0 Å². The zero-order chi connectivity index (χ0) is 24.8. The number of nitrogens with zero attached hydrogens (tertiary/aromatic N) is 3. The molecule has 1 amide bonds. The van der Waals surface area contributed by atoms with Gasteiger partial charge in [0.2, 0.25) is 5.88 Å². The molecule has 3 aliphatic rings. The lowest BCUT2D eigenvalue weighted by Gasteiger charge is -2.42. The number of halogens is 1. The molecule has 0 radical (unpaired) electrons. The van der Waals surface area contributed by atoms with Crippen molar-refractivity contribution < 1.29 is 23.7 Å². The predicted molar refractivity (Wildman–Crippen MR) is 135 cm³/mol. The molecule has 3 heterocycles. The highest BCUT2D eigenvalue weighted by Crippen LogP contribution is 2.28. The Morgan fingerprint density at radius 3 is 2.63 bits per heavy atom. The van der Waals surface area contributed by atoms with Gasteiger partial charge in [-0.15, -0.1) is 0 Å². The van der Waals surface area contributed by atoms with Crippen LogP contribution in [0.4, 0.5) is 4.79 Å². The normalized spacial score (nSPS) is 25.1. The summed E-state index contributed by atoms with van der Waals surface area (Å²) in [7, 11) is 0. The van der Waals surface area contributed by atoms with E-state index in [9.17, 15) is 4.79 Å². The molecular formula is C26H36BrN3O5. The summed E-state index contributed by atoms with van der Waals surface area (Å²) >= 11 is 3.37. The van der Waals surface area contributed by atoms with Crippen molar-refractivity contribution in [3.8, 4) is 17.7 Å². The highest BCUT2D eigenvalue weighted by Gasteiger charge is 2.36. The molecule has 1 aromatic heterocycles. The summed E-state index contributed by atoms with van der Waals surface area (Å²) in [6.45, 7) is 9.95. The van der Waals surface area contributed by atoms with Crippen LogP contribution in [-0.2, 0) is 14.2 Å². The Morgan fingerprint density at radius 1 is 1.11 bits per heavy atom. The third kappa shape index (κ3) is 8.35. The maximum absolute atomic E-state index is 12.1. The van der Waals surface area contributed by atoms with Crippen LogP contribution in [0.25, 0.3) is 0 Å². The van der Waals surface area contributed by atoms with Crippen LogP contribution in [0.3, 0.4) is 0 Å². The van der Waals surface area contributed by atoms with Gasteiger partial charge in [-0.05, 0) is 62.2 Å². The number of pyridine rings is 1. The van der Waals surface area contributed by atoms with E-state index in [4.69, 9.17) is 18.9 Å². The van der Waals surface area contributed by atoms with E-state index in [1.165, 1.54) is 0 Å². The summed E-state index contributed by atoms with van der Waals surface area (Å²) in [5.41, 5.74) is -0.466. The first-order valence-corrected chi connectivity index (χ1v) is 13.2. The van der Waals surface area contributed by atoms with E-state index < -0.39 is 5.60 Å². The first-order chi connectivity index (χ1) is 16.7. The van der Waals surface area contributed by atoms with Crippen LogP contribution < -0.4 is 4.74 Å². The second-order valence-corrected chi connectivity index (χ2v) is 11.4. The Morgan fingerprint density at radius 2 is 1.91 bits per heavy atom. The van der Waals surface area contributed by atoms with Gasteiger partial charge in [-0.2, -0.15) is 0 Å². The van der Waals surface area contributed by atoms with Crippen molar-refractivity contribution in [3.63, 3.8) is 0 Å². The lowest BCUT2D eigenvalue weighted by Crippen LogP contribution is -2.57. The zero-order valence-electron chi connectivity index (χ0n) is 20.9. The van der Waals surface area contributed by atoms with Crippen molar-refractivity contribution in [1.29, 1.82) is 0 Å². The number of hydrogen-bond acceptors (Lipinski definition) is 7. The molecule has 1 aliphatic carbocycles. The molecule has 0 N–H and O–H groups in total. The average molecular weight is 550 g/mol. The first-order valence-electron chi connectivity index (χ1n) is 12.4. The van der Waals surface area contributed by atoms with Crippen LogP contribution >= 0.6 is 15.9 Å². The summed E-state index contributed by atoms with van der Waals surface area (Å²) in [6, 6.07) is 3.79. The van der Waals surface area contributed by atoms with Gasteiger partial charge in [0.05, 0.1) is 37.9 Å². The van der Waals surface area contributed by atoms with Gasteiger partial charge in [0, 0.05) is 36.1 Å². The summed E-state index contributed by atoms with van der Waals surface area (Å²) < 4.78 is 24.3. The van der Waals surface area contributed by atoms with Crippen LogP contribution in [0, 0.1) is 11.8 Å². The predicted octanol–water partition coefficient (Wildman–Crippen LogP) is 3.87. The minimum Gasteiger partial charge on any atom is -0.474 e. The smallest absolute Gasteiger partial charge is 0.410 e. The molecular weight excluding hydrogens is 514 g/mol. The van der Waals surface area contributed by atoms with E-state index in [0.717, 1.165) is 49.8 Å². The van der Waals surface area contributed by atoms with Crippen molar-refractivity contribution in [3.05, 3.63) is 22.8 Å². The van der Waals surface area contributed by atoms with Crippen molar-refractivity contribution in [1.82, 2.24) is 14.8 Å². The molecule has 3 fully saturated rings. The minimum absolute atomic E-state index is 0.0989.